The predicted octanol–water partition coefficient (Wildman–Crippen LogP) is 2.99. The molecule has 6 heteroatoms. The van der Waals surface area contributed by atoms with Crippen molar-refractivity contribution in [2.24, 2.45) is 7.05 Å². The minimum absolute atomic E-state index is 0.162. The third-order valence-electron chi connectivity index (χ3n) is 4.63. The molecule has 1 aromatic carbocycles. The summed E-state index contributed by atoms with van der Waals surface area (Å²) in [6.07, 6.45) is 3.97. The van der Waals surface area contributed by atoms with Gasteiger partial charge in [-0.3, -0.25) is 9.48 Å². The summed E-state index contributed by atoms with van der Waals surface area (Å²) in [5.74, 6) is 0.409. The first-order valence-electron chi connectivity index (χ1n) is 8.80. The van der Waals surface area contributed by atoms with E-state index >= 15 is 0 Å². The normalized spacial score (nSPS) is 13.6. The topological polar surface area (TPSA) is 72.7 Å². The van der Waals surface area contributed by atoms with Crippen molar-refractivity contribution in [3.8, 4) is 11.3 Å². The third kappa shape index (κ3) is 3.49. The SMILES string of the molecule is Cc1ccc(-c2cc(C(=O)NCc3cc(C4CC4)ncn3)n(C)n2)cc1. The fraction of sp³-hybridized carbons (Fsp3) is 0.300. The molecule has 1 fully saturated rings. The van der Waals surface area contributed by atoms with Crippen molar-refractivity contribution in [3.05, 3.63) is 65.4 Å². The Labute approximate surface area is 152 Å². The number of hydrogen-bond donors (Lipinski definition) is 1. The smallest absolute Gasteiger partial charge is 0.269 e. The summed E-state index contributed by atoms with van der Waals surface area (Å²) < 4.78 is 1.61. The Hall–Kier alpha value is -3.02. The van der Waals surface area contributed by atoms with Gasteiger partial charge in [0, 0.05) is 24.2 Å². The molecule has 1 aliphatic rings. The number of carbonyl (C=O) groups excluding carboxylic acids is 1. The molecule has 1 saturated carbocycles. The summed E-state index contributed by atoms with van der Waals surface area (Å²) >= 11 is 0. The zero-order valence-electron chi connectivity index (χ0n) is 14.9. The third-order valence-corrected chi connectivity index (χ3v) is 4.63. The van der Waals surface area contributed by atoms with Gasteiger partial charge in [0.05, 0.1) is 17.9 Å². The van der Waals surface area contributed by atoms with Crippen LogP contribution in [0.3, 0.4) is 0 Å². The molecule has 6 nitrogen and oxygen atoms in total. The summed E-state index contributed by atoms with van der Waals surface area (Å²) in [5, 5.41) is 7.39. The van der Waals surface area contributed by atoms with E-state index in [1.165, 1.54) is 18.4 Å². The largest absolute Gasteiger partial charge is 0.345 e. The standard InChI is InChI=1S/C20H21N5O/c1-13-3-5-15(6-4-13)18-10-19(25(2)24-18)20(26)21-11-16-9-17(14-7-8-14)23-12-22-16/h3-6,9-10,12,14H,7-8,11H2,1-2H3,(H,21,26). The van der Waals surface area contributed by atoms with Crippen molar-refractivity contribution in [1.29, 1.82) is 0 Å². The van der Waals surface area contributed by atoms with Crippen LogP contribution in [0.4, 0.5) is 0 Å². The molecule has 4 rings (SSSR count). The first kappa shape index (κ1) is 16.4. The molecule has 3 aromatic rings. The second kappa shape index (κ2) is 6.71. The van der Waals surface area contributed by atoms with Crippen LogP contribution >= 0.6 is 0 Å². The van der Waals surface area contributed by atoms with Gasteiger partial charge in [-0.1, -0.05) is 29.8 Å². The molecule has 0 aliphatic heterocycles. The molecular formula is C20H21N5O. The fourth-order valence-electron chi connectivity index (χ4n) is 2.92. The Kier molecular flexibility index (Phi) is 4.24. The number of aryl methyl sites for hydroxylation is 2. The van der Waals surface area contributed by atoms with E-state index in [1.807, 2.05) is 43.3 Å². The highest BCUT2D eigenvalue weighted by Crippen LogP contribution is 2.38. The van der Waals surface area contributed by atoms with Gasteiger partial charge < -0.3 is 5.32 Å². The minimum Gasteiger partial charge on any atom is -0.345 e. The average molecular weight is 347 g/mol. The van der Waals surface area contributed by atoms with E-state index in [9.17, 15) is 4.79 Å². The first-order chi connectivity index (χ1) is 12.6. The zero-order valence-corrected chi connectivity index (χ0v) is 14.9. The molecule has 2 aromatic heterocycles. The maximum absolute atomic E-state index is 12.6. The molecule has 2 heterocycles. The highest BCUT2D eigenvalue weighted by molar-refractivity contribution is 5.93. The number of nitrogens with one attached hydrogen (secondary N) is 1. The number of hydrogen-bond acceptors (Lipinski definition) is 4. The molecule has 0 saturated heterocycles. The molecule has 1 N–H and O–H groups in total. The second-order valence-electron chi connectivity index (χ2n) is 6.80. The van der Waals surface area contributed by atoms with Crippen molar-refractivity contribution in [2.45, 2.75) is 32.2 Å². The molecule has 26 heavy (non-hydrogen) atoms. The van der Waals surface area contributed by atoms with Gasteiger partial charge >= 0.3 is 0 Å². The van der Waals surface area contributed by atoms with Crippen molar-refractivity contribution >= 4 is 5.91 Å². The van der Waals surface area contributed by atoms with Crippen molar-refractivity contribution in [2.75, 3.05) is 0 Å². The van der Waals surface area contributed by atoms with E-state index in [0.717, 1.165) is 22.6 Å². The highest BCUT2D eigenvalue weighted by atomic mass is 16.2. The predicted molar refractivity (Wildman–Crippen MR) is 98.6 cm³/mol. The number of nitrogens with zero attached hydrogens (tertiary/aromatic N) is 4. The maximum atomic E-state index is 12.6. The number of carbonyl (C=O) groups is 1. The van der Waals surface area contributed by atoms with Crippen LogP contribution in [0, 0.1) is 6.92 Å². The van der Waals surface area contributed by atoms with Crippen LogP contribution in [-0.4, -0.2) is 25.7 Å². The monoisotopic (exact) mass is 347 g/mol. The summed E-state index contributed by atoms with van der Waals surface area (Å²) in [4.78, 5) is 21.1. The lowest BCUT2D eigenvalue weighted by Crippen LogP contribution is -2.25. The molecule has 0 spiro atoms. The van der Waals surface area contributed by atoms with Crippen molar-refractivity contribution in [3.63, 3.8) is 0 Å². The van der Waals surface area contributed by atoms with Gasteiger partial charge in [-0.15, -0.1) is 0 Å². The fourth-order valence-corrected chi connectivity index (χ4v) is 2.92. The summed E-state index contributed by atoms with van der Waals surface area (Å²) in [6, 6.07) is 11.9. The van der Waals surface area contributed by atoms with Crippen LogP contribution in [0.15, 0.2) is 42.7 Å². The van der Waals surface area contributed by atoms with Crippen LogP contribution in [0.25, 0.3) is 11.3 Å². The molecule has 0 bridgehead atoms. The Morgan fingerprint density at radius 3 is 2.69 bits per heavy atom. The van der Waals surface area contributed by atoms with Crippen molar-refractivity contribution < 1.29 is 4.79 Å². The highest BCUT2D eigenvalue weighted by Gasteiger charge is 2.25. The van der Waals surface area contributed by atoms with Crippen LogP contribution in [0.2, 0.25) is 0 Å². The lowest BCUT2D eigenvalue weighted by molar-refractivity contribution is 0.0941. The van der Waals surface area contributed by atoms with Gasteiger partial charge in [0.1, 0.15) is 12.0 Å². The zero-order chi connectivity index (χ0) is 18.1. The molecule has 0 radical (unpaired) electrons. The van der Waals surface area contributed by atoms with E-state index in [0.29, 0.717) is 18.2 Å². The Bertz CT molecular complexity index is 941. The summed E-state index contributed by atoms with van der Waals surface area (Å²) in [5.41, 5.74) is 5.41. The Morgan fingerprint density at radius 2 is 1.96 bits per heavy atom. The van der Waals surface area contributed by atoms with Gasteiger partial charge in [0.2, 0.25) is 0 Å². The van der Waals surface area contributed by atoms with Crippen LogP contribution in [0.1, 0.15) is 46.2 Å². The van der Waals surface area contributed by atoms with E-state index < -0.39 is 0 Å². The molecular weight excluding hydrogens is 326 g/mol. The Morgan fingerprint density at radius 1 is 1.19 bits per heavy atom. The van der Waals surface area contributed by atoms with E-state index in [1.54, 1.807) is 18.1 Å². The number of benzene rings is 1. The number of rotatable bonds is 5. The van der Waals surface area contributed by atoms with Gasteiger partial charge in [-0.25, -0.2) is 9.97 Å². The summed E-state index contributed by atoms with van der Waals surface area (Å²) in [7, 11) is 1.78. The van der Waals surface area contributed by atoms with Crippen LogP contribution < -0.4 is 5.32 Å². The number of amides is 1. The van der Waals surface area contributed by atoms with Gasteiger partial charge in [-0.2, -0.15) is 5.10 Å². The minimum atomic E-state index is -0.162. The van der Waals surface area contributed by atoms with Gasteiger partial charge in [0.25, 0.3) is 5.91 Å². The van der Waals surface area contributed by atoms with Crippen LogP contribution in [0.5, 0.6) is 0 Å². The molecule has 1 amide bonds. The van der Waals surface area contributed by atoms with Crippen LogP contribution in [-0.2, 0) is 13.6 Å². The Balaban J connectivity index is 1.46. The lowest BCUT2D eigenvalue weighted by atomic mass is 10.1. The molecule has 0 unspecified atom stereocenters. The molecule has 0 atom stereocenters. The molecule has 132 valence electrons. The van der Waals surface area contributed by atoms with E-state index in [4.69, 9.17) is 0 Å². The van der Waals surface area contributed by atoms with E-state index in [2.05, 4.69) is 20.4 Å². The van der Waals surface area contributed by atoms with Crippen molar-refractivity contribution in [1.82, 2.24) is 25.1 Å². The number of aromatic nitrogens is 4. The van der Waals surface area contributed by atoms with Gasteiger partial charge in [0.15, 0.2) is 0 Å². The molecule has 1 aliphatic carbocycles. The quantitative estimate of drug-likeness (QED) is 0.770. The lowest BCUT2D eigenvalue weighted by Gasteiger charge is -2.06. The van der Waals surface area contributed by atoms with Gasteiger partial charge in [-0.05, 0) is 31.9 Å². The average Bonchev–Trinajstić information content (AvgIpc) is 3.43. The first-order valence-corrected chi connectivity index (χ1v) is 8.80. The van der Waals surface area contributed by atoms with E-state index in [-0.39, 0.29) is 5.91 Å². The second-order valence-corrected chi connectivity index (χ2v) is 6.80. The maximum Gasteiger partial charge on any atom is 0.269 e. The summed E-state index contributed by atoms with van der Waals surface area (Å²) in [6.45, 7) is 2.43.